The van der Waals surface area contributed by atoms with Crippen molar-refractivity contribution in [2.75, 3.05) is 20.6 Å². The predicted molar refractivity (Wildman–Crippen MR) is 90.2 cm³/mol. The number of nitrogens with zero attached hydrogens (tertiary/aromatic N) is 1. The van der Waals surface area contributed by atoms with Gasteiger partial charge >= 0.3 is 0 Å². The summed E-state index contributed by atoms with van der Waals surface area (Å²) in [6.45, 7) is 4.61. The quantitative estimate of drug-likeness (QED) is 0.763. The summed E-state index contributed by atoms with van der Waals surface area (Å²) in [6.07, 6.45) is 2.95. The molecule has 1 rings (SSSR count). The molecule has 0 bridgehead atoms. The first-order valence-electron chi connectivity index (χ1n) is 8.03. The van der Waals surface area contributed by atoms with Crippen LogP contribution in [0.1, 0.15) is 49.0 Å². The Bertz CT molecular complexity index is 498. The predicted octanol–water partition coefficient (Wildman–Crippen LogP) is 2.67. The smallest absolute Gasteiger partial charge is 0.251 e. The number of rotatable bonds is 9. The van der Waals surface area contributed by atoms with E-state index in [0.29, 0.717) is 31.0 Å². The molecule has 0 aliphatic rings. The lowest BCUT2D eigenvalue weighted by molar-refractivity contribution is -0.118. The lowest BCUT2D eigenvalue weighted by atomic mass is 10.0. The molecule has 0 aliphatic carbocycles. The van der Waals surface area contributed by atoms with Crippen molar-refractivity contribution in [1.82, 2.24) is 10.2 Å². The molecule has 4 nitrogen and oxygen atoms in total. The van der Waals surface area contributed by atoms with Crippen molar-refractivity contribution in [2.45, 2.75) is 45.6 Å². The van der Waals surface area contributed by atoms with Gasteiger partial charge < -0.3 is 10.2 Å². The summed E-state index contributed by atoms with van der Waals surface area (Å²) in [6, 6.07) is 7.69. The molecule has 0 aromatic heterocycles. The van der Waals surface area contributed by atoms with Gasteiger partial charge in [0.05, 0.1) is 0 Å². The molecule has 4 heteroatoms. The van der Waals surface area contributed by atoms with E-state index in [4.69, 9.17) is 0 Å². The summed E-state index contributed by atoms with van der Waals surface area (Å²) < 4.78 is 0. The highest BCUT2D eigenvalue weighted by Gasteiger charge is 2.15. The zero-order chi connectivity index (χ0) is 16.5. The molecule has 122 valence electrons. The molecule has 0 aliphatic heterocycles. The summed E-state index contributed by atoms with van der Waals surface area (Å²) in [5.74, 6) is 0.0554. The highest BCUT2D eigenvalue weighted by molar-refractivity contribution is 5.97. The first-order chi connectivity index (χ1) is 10.5. The largest absolute Gasteiger partial charge is 0.350 e. The Morgan fingerprint density at radius 3 is 2.45 bits per heavy atom. The second kappa shape index (κ2) is 9.36. The zero-order valence-electron chi connectivity index (χ0n) is 14.2. The van der Waals surface area contributed by atoms with E-state index >= 15 is 0 Å². The fourth-order valence-corrected chi connectivity index (χ4v) is 2.42. The minimum atomic E-state index is -0.0949. The highest BCUT2D eigenvalue weighted by atomic mass is 16.1. The molecule has 22 heavy (non-hydrogen) atoms. The number of hydrogen-bond acceptors (Lipinski definition) is 3. The number of amides is 1. The van der Waals surface area contributed by atoms with Crippen molar-refractivity contribution >= 4 is 11.7 Å². The Labute approximate surface area is 133 Å². The number of carbonyl (C=O) groups excluding carboxylic acids is 2. The molecule has 0 radical (unpaired) electrons. The lowest BCUT2D eigenvalue weighted by Gasteiger charge is -2.24. The van der Waals surface area contributed by atoms with E-state index in [2.05, 4.69) is 17.1 Å². The summed E-state index contributed by atoms with van der Waals surface area (Å²) in [5.41, 5.74) is 1.42. The fraction of sp³-hybridized carbons (Fsp3) is 0.556. The monoisotopic (exact) mass is 304 g/mol. The first-order valence-corrected chi connectivity index (χ1v) is 8.03. The third-order valence-corrected chi connectivity index (χ3v) is 3.89. The van der Waals surface area contributed by atoms with Gasteiger partial charge in [0.25, 0.3) is 5.91 Å². The normalized spacial score (nSPS) is 12.2. The van der Waals surface area contributed by atoms with E-state index in [1.807, 2.05) is 39.2 Å². The minimum Gasteiger partial charge on any atom is -0.350 e. The Kier molecular flexibility index (Phi) is 7.82. The Morgan fingerprint density at radius 1 is 1.18 bits per heavy atom. The van der Waals surface area contributed by atoms with Crippen LogP contribution in [-0.2, 0) is 11.2 Å². The van der Waals surface area contributed by atoms with Crippen LogP contribution >= 0.6 is 0 Å². The Balaban J connectivity index is 2.74. The molecule has 1 amide bonds. The number of hydrogen-bond donors (Lipinski definition) is 1. The summed E-state index contributed by atoms with van der Waals surface area (Å²) >= 11 is 0. The van der Waals surface area contributed by atoms with Gasteiger partial charge in [0, 0.05) is 31.0 Å². The van der Waals surface area contributed by atoms with Gasteiger partial charge in [-0.2, -0.15) is 0 Å². The van der Waals surface area contributed by atoms with Crippen molar-refractivity contribution in [2.24, 2.45) is 0 Å². The van der Waals surface area contributed by atoms with Crippen molar-refractivity contribution < 1.29 is 9.59 Å². The van der Waals surface area contributed by atoms with E-state index in [9.17, 15) is 9.59 Å². The van der Waals surface area contributed by atoms with E-state index in [1.54, 1.807) is 6.07 Å². The Morgan fingerprint density at radius 2 is 1.86 bits per heavy atom. The number of Topliss-reactive ketones (excluding diaryl/α,β-unsaturated/α-hetero) is 1. The highest BCUT2D eigenvalue weighted by Crippen LogP contribution is 2.11. The molecule has 0 fully saturated rings. The first kappa shape index (κ1) is 18.4. The number of carbonyl (C=O) groups is 2. The maximum absolute atomic E-state index is 12.4. The van der Waals surface area contributed by atoms with Crippen LogP contribution in [0.25, 0.3) is 0 Å². The SMILES string of the molecule is CCCC(CNC(=O)c1ccccc1CC(=O)CC)N(C)C. The van der Waals surface area contributed by atoms with Crippen LogP contribution in [0.15, 0.2) is 24.3 Å². The van der Waals surface area contributed by atoms with Gasteiger partial charge in [-0.15, -0.1) is 0 Å². The average molecular weight is 304 g/mol. The van der Waals surface area contributed by atoms with Crippen LogP contribution in [0.5, 0.6) is 0 Å². The van der Waals surface area contributed by atoms with Crippen LogP contribution in [-0.4, -0.2) is 43.3 Å². The summed E-state index contributed by atoms with van der Waals surface area (Å²) in [7, 11) is 4.06. The van der Waals surface area contributed by atoms with Gasteiger partial charge in [-0.3, -0.25) is 9.59 Å². The minimum absolute atomic E-state index is 0.0949. The van der Waals surface area contributed by atoms with Gasteiger partial charge in [0.2, 0.25) is 0 Å². The van der Waals surface area contributed by atoms with E-state index < -0.39 is 0 Å². The molecule has 0 saturated heterocycles. The zero-order valence-corrected chi connectivity index (χ0v) is 14.2. The maximum atomic E-state index is 12.4. The summed E-state index contributed by atoms with van der Waals surface area (Å²) in [4.78, 5) is 26.2. The van der Waals surface area contributed by atoms with Gasteiger partial charge in [-0.1, -0.05) is 38.5 Å². The fourth-order valence-electron chi connectivity index (χ4n) is 2.42. The second-order valence-electron chi connectivity index (χ2n) is 5.84. The van der Waals surface area contributed by atoms with Gasteiger partial charge in [0.1, 0.15) is 5.78 Å². The number of benzene rings is 1. The standard InChI is InChI=1S/C18H28N2O2/c1-5-9-15(20(3)4)13-19-18(22)17-11-8-7-10-14(17)12-16(21)6-2/h7-8,10-11,15H,5-6,9,12-13H2,1-4H3,(H,19,22). The van der Waals surface area contributed by atoms with E-state index in [-0.39, 0.29) is 11.7 Å². The van der Waals surface area contributed by atoms with Gasteiger partial charge in [-0.25, -0.2) is 0 Å². The molecule has 1 atom stereocenters. The van der Waals surface area contributed by atoms with Crippen molar-refractivity contribution in [3.63, 3.8) is 0 Å². The molecular weight excluding hydrogens is 276 g/mol. The van der Waals surface area contributed by atoms with Crippen LogP contribution in [0.2, 0.25) is 0 Å². The van der Waals surface area contributed by atoms with Gasteiger partial charge in [0.15, 0.2) is 0 Å². The molecule has 0 saturated carbocycles. The van der Waals surface area contributed by atoms with Crippen molar-refractivity contribution in [3.05, 3.63) is 35.4 Å². The number of likely N-dealkylation sites (N-methyl/N-ethyl adjacent to an activating group) is 1. The van der Waals surface area contributed by atoms with E-state index in [0.717, 1.165) is 18.4 Å². The van der Waals surface area contributed by atoms with Crippen molar-refractivity contribution in [3.8, 4) is 0 Å². The number of ketones is 1. The molecule has 0 spiro atoms. The van der Waals surface area contributed by atoms with Crippen LogP contribution < -0.4 is 5.32 Å². The van der Waals surface area contributed by atoms with Gasteiger partial charge in [-0.05, 0) is 32.1 Å². The Hall–Kier alpha value is -1.68. The maximum Gasteiger partial charge on any atom is 0.251 e. The van der Waals surface area contributed by atoms with Crippen molar-refractivity contribution in [1.29, 1.82) is 0 Å². The molecule has 0 heterocycles. The lowest BCUT2D eigenvalue weighted by Crippen LogP contribution is -2.40. The number of nitrogens with one attached hydrogen (secondary N) is 1. The van der Waals surface area contributed by atoms with Crippen LogP contribution in [0.3, 0.4) is 0 Å². The summed E-state index contributed by atoms with van der Waals surface area (Å²) in [5, 5.41) is 3.00. The van der Waals surface area contributed by atoms with Crippen LogP contribution in [0, 0.1) is 0 Å². The molecule has 1 aromatic rings. The third-order valence-electron chi connectivity index (χ3n) is 3.89. The molecule has 1 N–H and O–H groups in total. The van der Waals surface area contributed by atoms with E-state index in [1.165, 1.54) is 0 Å². The molecule has 1 unspecified atom stereocenters. The third kappa shape index (κ3) is 5.60. The molecule has 1 aromatic carbocycles. The molecular formula is C18H28N2O2. The second-order valence-corrected chi connectivity index (χ2v) is 5.84. The average Bonchev–Trinajstić information content (AvgIpc) is 2.51. The van der Waals surface area contributed by atoms with Crippen LogP contribution in [0.4, 0.5) is 0 Å². The topological polar surface area (TPSA) is 49.4 Å².